The molecule has 2 N–H and O–H groups in total. The van der Waals surface area contributed by atoms with Crippen LogP contribution < -0.4 is 5.32 Å². The Morgan fingerprint density at radius 2 is 2.00 bits per heavy atom. The van der Waals surface area contributed by atoms with Crippen LogP contribution in [0.5, 0.6) is 5.75 Å². The Hall–Kier alpha value is -1.59. The Morgan fingerprint density at radius 1 is 1.29 bits per heavy atom. The fourth-order valence-electron chi connectivity index (χ4n) is 4.04. The summed E-state index contributed by atoms with van der Waals surface area (Å²) >= 11 is 0. The maximum absolute atomic E-state index is 12.6. The summed E-state index contributed by atoms with van der Waals surface area (Å²) in [6.07, 6.45) is 4.38. The first kappa shape index (κ1) is 17.2. The van der Waals surface area contributed by atoms with Crippen molar-refractivity contribution in [2.45, 2.75) is 44.1 Å². The molecule has 5 heteroatoms. The molecule has 1 aliphatic heterocycles. The largest absolute Gasteiger partial charge is 0.508 e. The van der Waals surface area contributed by atoms with Crippen molar-refractivity contribution in [2.75, 3.05) is 32.8 Å². The van der Waals surface area contributed by atoms with Gasteiger partial charge in [0.15, 0.2) is 0 Å². The minimum absolute atomic E-state index is 0.102. The van der Waals surface area contributed by atoms with Gasteiger partial charge in [-0.2, -0.15) is 0 Å². The Balaban J connectivity index is 1.67. The fraction of sp³-hybridized carbons (Fsp3) is 0.632. The molecule has 1 amide bonds. The highest BCUT2D eigenvalue weighted by Crippen LogP contribution is 2.41. The molecule has 24 heavy (non-hydrogen) atoms. The number of carbonyl (C=O) groups excluding carboxylic acids is 1. The fourth-order valence-corrected chi connectivity index (χ4v) is 4.04. The summed E-state index contributed by atoms with van der Waals surface area (Å²) in [6.45, 7) is 5.68. The van der Waals surface area contributed by atoms with Crippen LogP contribution in [0, 0.1) is 0 Å². The van der Waals surface area contributed by atoms with Crippen LogP contribution in [0.25, 0.3) is 0 Å². The van der Waals surface area contributed by atoms with Gasteiger partial charge in [-0.1, -0.05) is 25.0 Å². The molecular weight excluding hydrogens is 304 g/mol. The summed E-state index contributed by atoms with van der Waals surface area (Å²) in [5.74, 6) is 0.679. The molecule has 0 bridgehead atoms. The molecule has 1 aliphatic carbocycles. The molecule has 0 unspecified atom stereocenters. The summed E-state index contributed by atoms with van der Waals surface area (Å²) in [5, 5.41) is 12.8. The molecule has 5 nitrogen and oxygen atoms in total. The van der Waals surface area contributed by atoms with Crippen molar-refractivity contribution in [1.82, 2.24) is 10.2 Å². The Kier molecular flexibility index (Phi) is 5.41. The van der Waals surface area contributed by atoms with E-state index in [-0.39, 0.29) is 17.2 Å². The average Bonchev–Trinajstić information content (AvgIpc) is 2.57. The average molecular weight is 332 g/mol. The van der Waals surface area contributed by atoms with Gasteiger partial charge in [0.05, 0.1) is 19.8 Å². The summed E-state index contributed by atoms with van der Waals surface area (Å²) in [4.78, 5) is 14.7. The van der Waals surface area contributed by atoms with Gasteiger partial charge in [-0.05, 0) is 37.5 Å². The number of amides is 1. The predicted octanol–water partition coefficient (Wildman–Crippen LogP) is 2.26. The summed E-state index contributed by atoms with van der Waals surface area (Å²) < 4.78 is 5.34. The number of phenols is 1. The van der Waals surface area contributed by atoms with Crippen molar-refractivity contribution < 1.29 is 14.6 Å². The molecule has 0 spiro atoms. The first-order valence-electron chi connectivity index (χ1n) is 8.97. The van der Waals surface area contributed by atoms with Crippen LogP contribution >= 0.6 is 0 Å². The zero-order chi connectivity index (χ0) is 17.0. The summed E-state index contributed by atoms with van der Waals surface area (Å²) in [7, 11) is 0. The highest BCUT2D eigenvalue weighted by atomic mass is 16.5. The normalized spacial score (nSPS) is 28.5. The highest BCUT2D eigenvalue weighted by molar-refractivity contribution is 5.79. The minimum Gasteiger partial charge on any atom is -0.508 e. The lowest BCUT2D eigenvalue weighted by molar-refractivity contribution is -0.125. The molecule has 1 heterocycles. The van der Waals surface area contributed by atoms with Gasteiger partial charge in [-0.15, -0.1) is 0 Å². The standard InChI is InChI=1S/C19H28N2O3/c1-19(20-18(23)14-21-10-12-24-13-11-21)9-3-2-4-17(19)15-5-7-16(22)8-6-15/h5-8,17,22H,2-4,9-14H2,1H3,(H,20,23)/t17-,19-/m1/s1. The number of hydrogen-bond donors (Lipinski definition) is 2. The zero-order valence-electron chi connectivity index (χ0n) is 14.5. The van der Waals surface area contributed by atoms with Crippen LogP contribution in [0.2, 0.25) is 0 Å². The molecule has 1 saturated carbocycles. The first-order valence-corrected chi connectivity index (χ1v) is 8.97. The van der Waals surface area contributed by atoms with Gasteiger partial charge in [-0.25, -0.2) is 0 Å². The van der Waals surface area contributed by atoms with E-state index in [1.165, 1.54) is 12.0 Å². The van der Waals surface area contributed by atoms with Gasteiger partial charge in [0.1, 0.15) is 5.75 Å². The Labute approximate surface area is 144 Å². The number of carbonyl (C=O) groups is 1. The molecule has 1 saturated heterocycles. The van der Waals surface area contributed by atoms with Gasteiger partial charge in [0.2, 0.25) is 5.91 Å². The second-order valence-corrected chi connectivity index (χ2v) is 7.24. The van der Waals surface area contributed by atoms with Gasteiger partial charge >= 0.3 is 0 Å². The second kappa shape index (κ2) is 7.53. The van der Waals surface area contributed by atoms with Crippen molar-refractivity contribution in [3.8, 4) is 5.75 Å². The third kappa shape index (κ3) is 4.08. The van der Waals surface area contributed by atoms with Gasteiger partial charge in [-0.3, -0.25) is 9.69 Å². The molecule has 2 fully saturated rings. The number of ether oxygens (including phenoxy) is 1. The van der Waals surface area contributed by atoms with Crippen LogP contribution in [0.1, 0.15) is 44.1 Å². The third-order valence-corrected chi connectivity index (χ3v) is 5.40. The number of benzene rings is 1. The number of aromatic hydroxyl groups is 1. The topological polar surface area (TPSA) is 61.8 Å². The van der Waals surface area contributed by atoms with E-state index in [0.717, 1.165) is 32.4 Å². The van der Waals surface area contributed by atoms with E-state index in [1.807, 2.05) is 12.1 Å². The van der Waals surface area contributed by atoms with Crippen molar-refractivity contribution in [1.29, 1.82) is 0 Å². The number of nitrogens with one attached hydrogen (secondary N) is 1. The zero-order valence-corrected chi connectivity index (χ0v) is 14.5. The van der Waals surface area contributed by atoms with Gasteiger partial charge in [0, 0.05) is 24.5 Å². The number of hydrogen-bond acceptors (Lipinski definition) is 4. The smallest absolute Gasteiger partial charge is 0.234 e. The first-order chi connectivity index (χ1) is 11.6. The predicted molar refractivity (Wildman–Crippen MR) is 93.1 cm³/mol. The highest BCUT2D eigenvalue weighted by Gasteiger charge is 2.38. The quantitative estimate of drug-likeness (QED) is 0.888. The SMILES string of the molecule is C[C@@]1(NC(=O)CN2CCOCC2)CCCC[C@@H]1c1ccc(O)cc1. The monoisotopic (exact) mass is 332 g/mol. The van der Waals surface area contributed by atoms with E-state index in [4.69, 9.17) is 4.74 Å². The lowest BCUT2D eigenvalue weighted by Gasteiger charge is -2.43. The van der Waals surface area contributed by atoms with E-state index in [0.29, 0.717) is 25.7 Å². The lowest BCUT2D eigenvalue weighted by atomic mass is 9.70. The minimum atomic E-state index is -0.224. The molecule has 1 aromatic rings. The third-order valence-electron chi connectivity index (χ3n) is 5.40. The van der Waals surface area contributed by atoms with Crippen molar-refractivity contribution >= 4 is 5.91 Å². The molecule has 0 aromatic heterocycles. The summed E-state index contributed by atoms with van der Waals surface area (Å²) in [6, 6.07) is 7.44. The molecular formula is C19H28N2O3. The van der Waals surface area contributed by atoms with Crippen molar-refractivity contribution in [3.63, 3.8) is 0 Å². The molecule has 2 atom stereocenters. The van der Waals surface area contributed by atoms with E-state index in [9.17, 15) is 9.90 Å². The van der Waals surface area contributed by atoms with E-state index in [1.54, 1.807) is 12.1 Å². The van der Waals surface area contributed by atoms with Crippen LogP contribution in [-0.4, -0.2) is 54.3 Å². The van der Waals surface area contributed by atoms with E-state index in [2.05, 4.69) is 17.1 Å². The van der Waals surface area contributed by atoms with E-state index >= 15 is 0 Å². The second-order valence-electron chi connectivity index (χ2n) is 7.24. The maximum Gasteiger partial charge on any atom is 0.234 e. The Morgan fingerprint density at radius 3 is 2.71 bits per heavy atom. The van der Waals surface area contributed by atoms with Gasteiger partial charge in [0.25, 0.3) is 0 Å². The van der Waals surface area contributed by atoms with Crippen LogP contribution in [0.15, 0.2) is 24.3 Å². The number of morpholine rings is 1. The maximum atomic E-state index is 12.6. The molecule has 2 aliphatic rings. The number of rotatable bonds is 4. The molecule has 0 radical (unpaired) electrons. The Bertz CT molecular complexity index is 554. The lowest BCUT2D eigenvalue weighted by Crippen LogP contribution is -2.55. The molecule has 132 valence electrons. The van der Waals surface area contributed by atoms with Crippen molar-refractivity contribution in [2.24, 2.45) is 0 Å². The molecule has 1 aromatic carbocycles. The van der Waals surface area contributed by atoms with Gasteiger partial charge < -0.3 is 15.2 Å². The summed E-state index contributed by atoms with van der Waals surface area (Å²) in [5.41, 5.74) is 0.972. The number of nitrogens with zero attached hydrogens (tertiary/aromatic N) is 1. The van der Waals surface area contributed by atoms with Crippen LogP contribution in [0.4, 0.5) is 0 Å². The van der Waals surface area contributed by atoms with E-state index < -0.39 is 0 Å². The van der Waals surface area contributed by atoms with Crippen LogP contribution in [0.3, 0.4) is 0 Å². The molecule has 3 rings (SSSR count). The van der Waals surface area contributed by atoms with Crippen LogP contribution in [-0.2, 0) is 9.53 Å². The van der Waals surface area contributed by atoms with Crippen molar-refractivity contribution in [3.05, 3.63) is 29.8 Å². The number of phenolic OH excluding ortho intramolecular Hbond substituents is 1.